The molecular weight excluding hydrogens is 506 g/mol. The maximum Gasteiger partial charge on any atom is 0.490 e. The van der Waals surface area contributed by atoms with Gasteiger partial charge in [-0.3, -0.25) is 0 Å². The summed E-state index contributed by atoms with van der Waals surface area (Å²) < 4.78 is 50.8. The molecule has 2 aromatic carbocycles. The van der Waals surface area contributed by atoms with Crippen LogP contribution in [0.5, 0.6) is 5.75 Å². The van der Waals surface area contributed by atoms with Crippen molar-refractivity contribution in [2.24, 2.45) is 5.92 Å². The summed E-state index contributed by atoms with van der Waals surface area (Å²) in [6.07, 6.45) is -2.17. The number of nitrogens with zero attached hydrogens (tertiary/aromatic N) is 1. The van der Waals surface area contributed by atoms with Crippen LogP contribution in [0.4, 0.5) is 22.4 Å². The van der Waals surface area contributed by atoms with E-state index >= 15 is 0 Å². The van der Waals surface area contributed by atoms with Gasteiger partial charge in [0.25, 0.3) is 0 Å². The number of halogens is 4. The molecule has 0 spiro atoms. The van der Waals surface area contributed by atoms with Crippen molar-refractivity contribution in [3.63, 3.8) is 0 Å². The number of hydrogen-bond acceptors (Lipinski definition) is 4. The number of amides is 2. The predicted octanol–water partition coefficient (Wildman–Crippen LogP) is 5.35. The molecule has 0 saturated carbocycles. The first-order valence-corrected chi connectivity index (χ1v) is 12.5. The van der Waals surface area contributed by atoms with E-state index in [9.17, 15) is 22.4 Å². The molecule has 1 aliphatic rings. The Morgan fingerprint density at radius 1 is 1.05 bits per heavy atom. The highest BCUT2D eigenvalue weighted by atomic mass is 19.4. The van der Waals surface area contributed by atoms with Gasteiger partial charge in [0.1, 0.15) is 11.6 Å². The lowest BCUT2D eigenvalue weighted by Gasteiger charge is -2.31. The minimum atomic E-state index is -5.08. The third kappa shape index (κ3) is 11.4. The van der Waals surface area contributed by atoms with Gasteiger partial charge < -0.3 is 25.4 Å². The fraction of sp³-hybridized carbons (Fsp3) is 0.481. The van der Waals surface area contributed by atoms with Crippen molar-refractivity contribution >= 4 is 12.0 Å². The molecule has 1 saturated heterocycles. The van der Waals surface area contributed by atoms with Crippen LogP contribution in [-0.4, -0.2) is 53.9 Å². The molecule has 7 nitrogen and oxygen atoms in total. The lowest BCUT2D eigenvalue weighted by Crippen LogP contribution is -2.45. The zero-order chi connectivity index (χ0) is 28.1. The van der Waals surface area contributed by atoms with Crippen LogP contribution >= 0.6 is 0 Å². The Bertz CT molecular complexity index is 991. The molecule has 2 aromatic rings. The van der Waals surface area contributed by atoms with Gasteiger partial charge in [0.2, 0.25) is 0 Å². The fourth-order valence-electron chi connectivity index (χ4n) is 3.71. The number of carboxylic acids is 1. The van der Waals surface area contributed by atoms with E-state index in [0.717, 1.165) is 49.2 Å². The van der Waals surface area contributed by atoms with Crippen LogP contribution in [0.2, 0.25) is 0 Å². The van der Waals surface area contributed by atoms with Crippen molar-refractivity contribution < 1.29 is 37.0 Å². The van der Waals surface area contributed by atoms with Crippen LogP contribution in [0.3, 0.4) is 0 Å². The number of carboxylic acid groups (broad SMARTS) is 1. The van der Waals surface area contributed by atoms with Crippen molar-refractivity contribution in [1.29, 1.82) is 0 Å². The van der Waals surface area contributed by atoms with E-state index in [-0.39, 0.29) is 17.9 Å². The average Bonchev–Trinajstić information content (AvgIpc) is 3.15. The summed E-state index contributed by atoms with van der Waals surface area (Å²) >= 11 is 0. The smallest absolute Gasteiger partial charge is 0.490 e. The second-order valence-electron chi connectivity index (χ2n) is 9.40. The van der Waals surface area contributed by atoms with E-state index in [2.05, 4.69) is 24.5 Å². The highest BCUT2D eigenvalue weighted by molar-refractivity contribution is 5.74. The first-order chi connectivity index (χ1) is 18.0. The first-order valence-electron chi connectivity index (χ1n) is 12.5. The number of urea groups is 1. The minimum absolute atomic E-state index is 0.0867. The van der Waals surface area contributed by atoms with Gasteiger partial charge in [0, 0.05) is 19.1 Å². The normalized spacial score (nSPS) is 15.6. The summed E-state index contributed by atoms with van der Waals surface area (Å²) in [5, 5.41) is 13.6. The first kappa shape index (κ1) is 30.9. The molecule has 0 unspecified atom stereocenters. The third-order valence-electron chi connectivity index (χ3n) is 5.71. The molecule has 1 aliphatic heterocycles. The third-order valence-corrected chi connectivity index (χ3v) is 5.71. The van der Waals surface area contributed by atoms with Crippen molar-refractivity contribution in [1.82, 2.24) is 15.5 Å². The number of hydrogen-bond donors (Lipinski definition) is 3. The van der Waals surface area contributed by atoms with Crippen LogP contribution in [-0.2, 0) is 17.9 Å². The number of alkyl halides is 3. The Balaban J connectivity index is 0.000000638. The number of nitrogens with one attached hydrogen (secondary N) is 2. The molecule has 38 heavy (non-hydrogen) atoms. The monoisotopic (exact) mass is 541 g/mol. The van der Waals surface area contributed by atoms with E-state index in [4.69, 9.17) is 14.6 Å². The highest BCUT2D eigenvalue weighted by Gasteiger charge is 2.38. The largest absolute Gasteiger partial charge is 0.493 e. The van der Waals surface area contributed by atoms with Gasteiger partial charge >= 0.3 is 18.2 Å². The summed E-state index contributed by atoms with van der Waals surface area (Å²) in [4.78, 5) is 23.9. The average molecular weight is 542 g/mol. The van der Waals surface area contributed by atoms with Gasteiger partial charge in [-0.15, -0.1) is 0 Å². The van der Waals surface area contributed by atoms with E-state index in [1.165, 1.54) is 12.1 Å². The lowest BCUT2D eigenvalue weighted by molar-refractivity contribution is -0.192. The molecule has 3 rings (SSSR count). The van der Waals surface area contributed by atoms with Crippen LogP contribution in [0.25, 0.3) is 0 Å². The number of aliphatic carboxylic acids is 1. The van der Waals surface area contributed by atoms with Crippen LogP contribution < -0.4 is 15.4 Å². The van der Waals surface area contributed by atoms with Crippen molar-refractivity contribution in [2.75, 3.05) is 19.7 Å². The van der Waals surface area contributed by atoms with E-state index < -0.39 is 12.1 Å². The Morgan fingerprint density at radius 3 is 2.24 bits per heavy atom. The molecule has 0 bridgehead atoms. The van der Waals surface area contributed by atoms with E-state index in [1.54, 1.807) is 12.1 Å². The van der Waals surface area contributed by atoms with Crippen molar-refractivity contribution in [2.45, 2.75) is 58.4 Å². The number of rotatable bonds is 8. The Hall–Kier alpha value is -3.34. The zero-order valence-electron chi connectivity index (χ0n) is 21.6. The highest BCUT2D eigenvalue weighted by Crippen LogP contribution is 2.19. The summed E-state index contributed by atoms with van der Waals surface area (Å²) in [7, 11) is 0. The minimum Gasteiger partial charge on any atom is -0.493 e. The molecule has 0 aromatic heterocycles. The van der Waals surface area contributed by atoms with E-state index in [1.807, 2.05) is 29.2 Å². The lowest BCUT2D eigenvalue weighted by atomic mass is 10.1. The SMILES string of the molecule is CC(C)COc1ccc(CNC(=O)N(Cc2ccc(F)cc2)[C@@H]2CCCNCC2)cc1.O=C(O)C(F)(F)F. The second-order valence-corrected chi connectivity index (χ2v) is 9.40. The molecular formula is C27H35F4N3O4. The van der Waals surface area contributed by atoms with Gasteiger partial charge in [-0.2, -0.15) is 13.2 Å². The van der Waals surface area contributed by atoms with Crippen molar-refractivity contribution in [3.05, 3.63) is 65.5 Å². The van der Waals surface area contributed by atoms with Crippen LogP contribution in [0.1, 0.15) is 44.2 Å². The quantitative estimate of drug-likeness (QED) is 0.392. The maximum atomic E-state index is 13.3. The molecule has 2 amide bonds. The molecule has 1 heterocycles. The molecule has 0 radical (unpaired) electrons. The fourth-order valence-corrected chi connectivity index (χ4v) is 3.71. The summed E-state index contributed by atoms with van der Waals surface area (Å²) in [5.74, 6) is -1.70. The Morgan fingerprint density at radius 2 is 1.66 bits per heavy atom. The van der Waals surface area contributed by atoms with E-state index in [0.29, 0.717) is 25.6 Å². The van der Waals surface area contributed by atoms with Gasteiger partial charge in [0.15, 0.2) is 0 Å². The number of benzene rings is 2. The Labute approximate surface area is 220 Å². The van der Waals surface area contributed by atoms with Gasteiger partial charge in [-0.1, -0.05) is 38.1 Å². The van der Waals surface area contributed by atoms with Crippen LogP contribution in [0.15, 0.2) is 48.5 Å². The second kappa shape index (κ2) is 15.2. The molecule has 11 heteroatoms. The maximum absolute atomic E-state index is 13.3. The predicted molar refractivity (Wildman–Crippen MR) is 135 cm³/mol. The van der Waals surface area contributed by atoms with Crippen molar-refractivity contribution in [3.8, 4) is 5.75 Å². The zero-order valence-corrected chi connectivity index (χ0v) is 21.6. The molecule has 3 N–H and O–H groups in total. The molecule has 1 fully saturated rings. The van der Waals surface area contributed by atoms with Gasteiger partial charge in [-0.05, 0) is 73.7 Å². The molecule has 0 aliphatic carbocycles. The number of carbonyl (C=O) groups is 2. The Kier molecular flexibility index (Phi) is 12.3. The topological polar surface area (TPSA) is 90.9 Å². The molecule has 1 atom stereocenters. The molecule has 210 valence electrons. The van der Waals surface area contributed by atoms with Crippen LogP contribution in [0, 0.1) is 11.7 Å². The number of ether oxygens (including phenoxy) is 1. The van der Waals surface area contributed by atoms with Gasteiger partial charge in [-0.25, -0.2) is 14.0 Å². The summed E-state index contributed by atoms with van der Waals surface area (Å²) in [6.45, 7) is 7.72. The summed E-state index contributed by atoms with van der Waals surface area (Å²) in [5.41, 5.74) is 1.95. The standard InChI is InChI=1S/C25H34FN3O2.C2HF3O2/c1-19(2)18-31-24-11-7-20(8-12-24)16-28-25(30)29(23-4-3-14-27-15-13-23)17-21-5-9-22(26)10-6-21;3-2(4,5)1(6)7/h5-12,19,23,27H,3-4,13-18H2,1-2H3,(H,28,30);(H,6,7)/t23-;/m1./s1. The van der Waals surface area contributed by atoms with Gasteiger partial charge in [0.05, 0.1) is 6.61 Å². The summed E-state index contributed by atoms with van der Waals surface area (Å²) in [6, 6.07) is 14.3. The number of carbonyl (C=O) groups excluding carboxylic acids is 1.